The van der Waals surface area contributed by atoms with Gasteiger partial charge in [0.05, 0.1) is 0 Å². The predicted molar refractivity (Wildman–Crippen MR) is 69.1 cm³/mol. The Bertz CT molecular complexity index is 159. The molecule has 0 aromatic rings. The molecule has 2 heteroatoms. The highest BCUT2D eigenvalue weighted by atomic mass is 15.2. The molecule has 0 heterocycles. The monoisotopic (exact) mass is 214 g/mol. The minimum atomic E-state index is 0.201. The Morgan fingerprint density at radius 3 is 2.20 bits per heavy atom. The topological polar surface area (TPSA) is 29.3 Å². The van der Waals surface area contributed by atoms with E-state index in [4.69, 9.17) is 5.73 Å². The molecule has 0 amide bonds. The van der Waals surface area contributed by atoms with Crippen molar-refractivity contribution < 1.29 is 0 Å². The normalized spacial score (nSPS) is 17.8. The number of nitrogens with two attached hydrogens (primary N) is 1. The van der Waals surface area contributed by atoms with Gasteiger partial charge in [0.25, 0.3) is 0 Å². The number of rotatable bonds is 8. The molecule has 0 radical (unpaired) electrons. The Balaban J connectivity index is 4.45. The second kappa shape index (κ2) is 7.24. The van der Waals surface area contributed by atoms with E-state index < -0.39 is 0 Å². The largest absolute Gasteiger partial charge is 0.329 e. The van der Waals surface area contributed by atoms with Gasteiger partial charge in [0.2, 0.25) is 0 Å². The Hall–Kier alpha value is -0.0800. The molecule has 0 aromatic carbocycles. The van der Waals surface area contributed by atoms with Gasteiger partial charge in [-0.3, -0.25) is 4.90 Å². The molecule has 2 nitrogen and oxygen atoms in total. The maximum absolute atomic E-state index is 5.95. The van der Waals surface area contributed by atoms with Gasteiger partial charge in [0.15, 0.2) is 0 Å². The van der Waals surface area contributed by atoms with Gasteiger partial charge < -0.3 is 5.73 Å². The minimum absolute atomic E-state index is 0.201. The van der Waals surface area contributed by atoms with Crippen LogP contribution in [0.25, 0.3) is 0 Å². The van der Waals surface area contributed by atoms with E-state index in [-0.39, 0.29) is 5.54 Å². The van der Waals surface area contributed by atoms with Crippen molar-refractivity contribution in [1.29, 1.82) is 0 Å². The molecule has 92 valence electrons. The molecule has 0 aliphatic rings. The fourth-order valence-electron chi connectivity index (χ4n) is 2.16. The molecule has 0 saturated carbocycles. The average Bonchev–Trinajstić information content (AvgIpc) is 2.25. The standard InChI is InChI=1S/C13H30N2/c1-6-9-13(5,11-14)15(8-3)10-12(4)7-2/h12H,6-11,14H2,1-5H3. The molecule has 0 bridgehead atoms. The molecule has 0 spiro atoms. The van der Waals surface area contributed by atoms with Crippen LogP contribution in [0.3, 0.4) is 0 Å². The van der Waals surface area contributed by atoms with E-state index in [1.54, 1.807) is 0 Å². The molecule has 2 N–H and O–H groups in total. The van der Waals surface area contributed by atoms with Crippen LogP contribution in [-0.2, 0) is 0 Å². The van der Waals surface area contributed by atoms with Crippen molar-refractivity contribution in [3.8, 4) is 0 Å². The molecule has 0 aromatic heterocycles. The second-order valence-corrected chi connectivity index (χ2v) is 5.00. The lowest BCUT2D eigenvalue weighted by molar-refractivity contribution is 0.0894. The highest BCUT2D eigenvalue weighted by molar-refractivity contribution is 4.87. The third-order valence-electron chi connectivity index (χ3n) is 3.60. The van der Waals surface area contributed by atoms with Gasteiger partial charge in [-0.05, 0) is 25.8 Å². The molecular weight excluding hydrogens is 184 g/mol. The van der Waals surface area contributed by atoms with E-state index in [1.807, 2.05) is 0 Å². The average molecular weight is 214 g/mol. The van der Waals surface area contributed by atoms with Crippen LogP contribution < -0.4 is 5.73 Å². The summed E-state index contributed by atoms with van der Waals surface area (Å²) < 4.78 is 0. The zero-order chi connectivity index (χ0) is 11.9. The fourth-order valence-corrected chi connectivity index (χ4v) is 2.16. The Labute approximate surface area is 96.2 Å². The Morgan fingerprint density at radius 2 is 1.87 bits per heavy atom. The maximum atomic E-state index is 5.95. The molecule has 0 aliphatic heterocycles. The van der Waals surface area contributed by atoms with Crippen molar-refractivity contribution in [2.24, 2.45) is 11.7 Å². The number of likely N-dealkylation sites (N-methyl/N-ethyl adjacent to an activating group) is 1. The van der Waals surface area contributed by atoms with Crippen LogP contribution in [-0.4, -0.2) is 30.1 Å². The lowest BCUT2D eigenvalue weighted by Gasteiger charge is -2.41. The maximum Gasteiger partial charge on any atom is 0.0303 e. The predicted octanol–water partition coefficient (Wildman–Crippen LogP) is 2.87. The number of hydrogen-bond acceptors (Lipinski definition) is 2. The van der Waals surface area contributed by atoms with Gasteiger partial charge in [-0.25, -0.2) is 0 Å². The first-order chi connectivity index (χ1) is 7.03. The molecule has 2 unspecified atom stereocenters. The van der Waals surface area contributed by atoms with Crippen LogP contribution in [0.15, 0.2) is 0 Å². The highest BCUT2D eigenvalue weighted by Crippen LogP contribution is 2.21. The van der Waals surface area contributed by atoms with E-state index in [1.165, 1.54) is 25.8 Å². The van der Waals surface area contributed by atoms with Gasteiger partial charge in [-0.1, -0.05) is 40.5 Å². The van der Waals surface area contributed by atoms with Crippen LogP contribution >= 0.6 is 0 Å². The van der Waals surface area contributed by atoms with Crippen molar-refractivity contribution in [2.45, 2.75) is 59.4 Å². The zero-order valence-electron chi connectivity index (χ0n) is 11.3. The van der Waals surface area contributed by atoms with Crippen molar-refractivity contribution in [2.75, 3.05) is 19.6 Å². The van der Waals surface area contributed by atoms with Gasteiger partial charge in [-0.15, -0.1) is 0 Å². The quantitative estimate of drug-likeness (QED) is 0.673. The highest BCUT2D eigenvalue weighted by Gasteiger charge is 2.28. The summed E-state index contributed by atoms with van der Waals surface area (Å²) >= 11 is 0. The first kappa shape index (κ1) is 14.9. The summed E-state index contributed by atoms with van der Waals surface area (Å²) in [6, 6.07) is 0. The van der Waals surface area contributed by atoms with E-state index >= 15 is 0 Å². The van der Waals surface area contributed by atoms with Crippen LogP contribution in [0.5, 0.6) is 0 Å². The van der Waals surface area contributed by atoms with Gasteiger partial charge in [0.1, 0.15) is 0 Å². The molecule has 0 saturated heterocycles. The third-order valence-corrected chi connectivity index (χ3v) is 3.60. The summed E-state index contributed by atoms with van der Waals surface area (Å²) in [4.78, 5) is 2.56. The Morgan fingerprint density at radius 1 is 1.27 bits per heavy atom. The van der Waals surface area contributed by atoms with Crippen molar-refractivity contribution in [3.05, 3.63) is 0 Å². The summed E-state index contributed by atoms with van der Waals surface area (Å²) in [5.74, 6) is 0.771. The fraction of sp³-hybridized carbons (Fsp3) is 1.00. The van der Waals surface area contributed by atoms with Crippen molar-refractivity contribution in [1.82, 2.24) is 4.90 Å². The lowest BCUT2D eigenvalue weighted by atomic mass is 9.92. The van der Waals surface area contributed by atoms with E-state index in [0.717, 1.165) is 19.0 Å². The van der Waals surface area contributed by atoms with Crippen LogP contribution in [0, 0.1) is 5.92 Å². The SMILES string of the molecule is CCCC(C)(CN)N(CC)CC(C)CC. The zero-order valence-corrected chi connectivity index (χ0v) is 11.3. The number of hydrogen-bond donors (Lipinski definition) is 1. The van der Waals surface area contributed by atoms with E-state index in [2.05, 4.69) is 39.5 Å². The van der Waals surface area contributed by atoms with Crippen molar-refractivity contribution in [3.63, 3.8) is 0 Å². The minimum Gasteiger partial charge on any atom is -0.329 e. The molecule has 15 heavy (non-hydrogen) atoms. The third kappa shape index (κ3) is 4.52. The number of nitrogens with zero attached hydrogens (tertiary/aromatic N) is 1. The van der Waals surface area contributed by atoms with Gasteiger partial charge in [0, 0.05) is 18.6 Å². The van der Waals surface area contributed by atoms with Gasteiger partial charge >= 0.3 is 0 Å². The summed E-state index contributed by atoms with van der Waals surface area (Å²) in [7, 11) is 0. The summed E-state index contributed by atoms with van der Waals surface area (Å²) in [5.41, 5.74) is 6.15. The lowest BCUT2D eigenvalue weighted by Crippen LogP contribution is -2.52. The van der Waals surface area contributed by atoms with Crippen LogP contribution in [0.4, 0.5) is 0 Å². The molecule has 0 aliphatic carbocycles. The smallest absolute Gasteiger partial charge is 0.0303 e. The van der Waals surface area contributed by atoms with Crippen LogP contribution in [0.1, 0.15) is 53.9 Å². The van der Waals surface area contributed by atoms with Crippen molar-refractivity contribution >= 4 is 0 Å². The molecule has 2 atom stereocenters. The molecule has 0 rings (SSSR count). The Kier molecular flexibility index (Phi) is 7.20. The first-order valence-corrected chi connectivity index (χ1v) is 6.49. The van der Waals surface area contributed by atoms with Crippen LogP contribution in [0.2, 0.25) is 0 Å². The van der Waals surface area contributed by atoms with Gasteiger partial charge in [-0.2, -0.15) is 0 Å². The van der Waals surface area contributed by atoms with E-state index in [0.29, 0.717) is 0 Å². The summed E-state index contributed by atoms with van der Waals surface area (Å²) in [5, 5.41) is 0. The summed E-state index contributed by atoms with van der Waals surface area (Å²) in [6.07, 6.45) is 3.67. The second-order valence-electron chi connectivity index (χ2n) is 5.00. The molecular formula is C13H30N2. The molecule has 0 fully saturated rings. The van der Waals surface area contributed by atoms with E-state index in [9.17, 15) is 0 Å². The summed E-state index contributed by atoms with van der Waals surface area (Å²) in [6.45, 7) is 14.4. The first-order valence-electron chi connectivity index (χ1n) is 6.49.